The van der Waals surface area contributed by atoms with Gasteiger partial charge in [-0.05, 0) is 47.9 Å². The van der Waals surface area contributed by atoms with E-state index in [1.54, 1.807) is 19.2 Å². The summed E-state index contributed by atoms with van der Waals surface area (Å²) in [6.45, 7) is 0.469. The molecule has 0 saturated carbocycles. The van der Waals surface area contributed by atoms with Gasteiger partial charge in [-0.1, -0.05) is 41.9 Å². The fourth-order valence-corrected chi connectivity index (χ4v) is 2.79. The van der Waals surface area contributed by atoms with Crippen LogP contribution in [0.15, 0.2) is 60.7 Å². The second-order valence-electron chi connectivity index (χ2n) is 5.91. The minimum Gasteiger partial charge on any atom is -0.496 e. The van der Waals surface area contributed by atoms with Crippen molar-refractivity contribution in [2.24, 2.45) is 0 Å². The van der Waals surface area contributed by atoms with E-state index in [-0.39, 0.29) is 0 Å². The molecule has 6 heteroatoms. The Hall–Kier alpha value is -3.10. The van der Waals surface area contributed by atoms with Gasteiger partial charge < -0.3 is 9.47 Å². The minimum absolute atomic E-state index is 0.296. The van der Waals surface area contributed by atoms with Gasteiger partial charge in [-0.2, -0.15) is 10.4 Å². The van der Waals surface area contributed by atoms with Crippen molar-refractivity contribution in [3.63, 3.8) is 0 Å². The quantitative estimate of drug-likeness (QED) is 0.601. The van der Waals surface area contributed by atoms with Crippen LogP contribution in [0, 0.1) is 11.3 Å². The predicted octanol–water partition coefficient (Wildman–Crippen LogP) is 4.57. The van der Waals surface area contributed by atoms with E-state index in [0.717, 1.165) is 11.1 Å². The largest absolute Gasteiger partial charge is 0.496 e. The second kappa shape index (κ2) is 9.02. The zero-order chi connectivity index (χ0) is 19.1. The molecule has 0 aliphatic carbocycles. The Kier molecular flexibility index (Phi) is 6.24. The summed E-state index contributed by atoms with van der Waals surface area (Å²) in [7, 11) is 1.60. The third kappa shape index (κ3) is 4.96. The molecule has 27 heavy (non-hydrogen) atoms. The van der Waals surface area contributed by atoms with Crippen molar-refractivity contribution in [1.29, 1.82) is 5.26 Å². The summed E-state index contributed by atoms with van der Waals surface area (Å²) in [4.78, 5) is 0. The highest BCUT2D eigenvalue weighted by Gasteiger charge is 2.17. The number of rotatable bonds is 7. The summed E-state index contributed by atoms with van der Waals surface area (Å²) in [6.07, 6.45) is 0.429. The van der Waals surface area contributed by atoms with Crippen molar-refractivity contribution < 1.29 is 9.47 Å². The molecule has 136 valence electrons. The first-order valence-electron chi connectivity index (χ1n) is 8.42. The lowest BCUT2D eigenvalue weighted by Gasteiger charge is -2.14. The SMILES string of the molecule is COc1ccc(OCc2ccccc2)cc1CC(C#N)c1ccc(Cl)nn1. The molecule has 0 aliphatic heterocycles. The van der Waals surface area contributed by atoms with Gasteiger partial charge in [0.05, 0.1) is 24.8 Å². The van der Waals surface area contributed by atoms with Gasteiger partial charge in [-0.25, -0.2) is 0 Å². The highest BCUT2D eigenvalue weighted by Crippen LogP contribution is 2.29. The van der Waals surface area contributed by atoms with Crippen LogP contribution in [0.3, 0.4) is 0 Å². The van der Waals surface area contributed by atoms with Crippen LogP contribution >= 0.6 is 11.6 Å². The number of halogens is 1. The molecule has 0 spiro atoms. The molecule has 1 atom stereocenters. The van der Waals surface area contributed by atoms with E-state index in [4.69, 9.17) is 21.1 Å². The van der Waals surface area contributed by atoms with Crippen LogP contribution < -0.4 is 9.47 Å². The fraction of sp³-hybridized carbons (Fsp3) is 0.190. The van der Waals surface area contributed by atoms with E-state index in [1.165, 1.54) is 0 Å². The molecule has 2 aromatic carbocycles. The molecular formula is C21H18ClN3O2. The number of nitriles is 1. The Bertz CT molecular complexity index is 924. The maximum Gasteiger partial charge on any atom is 0.151 e. The van der Waals surface area contributed by atoms with Crippen LogP contribution in [0.2, 0.25) is 5.15 Å². The Morgan fingerprint density at radius 2 is 1.89 bits per heavy atom. The maximum atomic E-state index is 9.57. The zero-order valence-corrected chi connectivity index (χ0v) is 15.6. The van der Waals surface area contributed by atoms with Gasteiger partial charge >= 0.3 is 0 Å². The lowest BCUT2D eigenvalue weighted by molar-refractivity contribution is 0.305. The van der Waals surface area contributed by atoms with E-state index < -0.39 is 5.92 Å². The first-order valence-corrected chi connectivity index (χ1v) is 8.80. The van der Waals surface area contributed by atoms with Gasteiger partial charge in [0.25, 0.3) is 0 Å². The lowest BCUT2D eigenvalue weighted by Crippen LogP contribution is -2.06. The predicted molar refractivity (Wildman–Crippen MR) is 103 cm³/mol. The summed E-state index contributed by atoms with van der Waals surface area (Å²) in [5.41, 5.74) is 2.52. The lowest BCUT2D eigenvalue weighted by atomic mass is 9.96. The molecule has 0 amide bonds. The van der Waals surface area contributed by atoms with E-state index in [1.807, 2.05) is 48.5 Å². The van der Waals surface area contributed by atoms with Gasteiger partial charge in [0.2, 0.25) is 0 Å². The highest BCUT2D eigenvalue weighted by atomic mass is 35.5. The number of nitrogens with zero attached hydrogens (tertiary/aromatic N) is 3. The Morgan fingerprint density at radius 3 is 2.56 bits per heavy atom. The fourth-order valence-electron chi connectivity index (χ4n) is 2.69. The average molecular weight is 380 g/mol. The first kappa shape index (κ1) is 18.7. The molecule has 0 radical (unpaired) electrons. The average Bonchev–Trinajstić information content (AvgIpc) is 2.72. The third-order valence-electron chi connectivity index (χ3n) is 4.09. The molecule has 0 aliphatic rings. The van der Waals surface area contributed by atoms with E-state index in [2.05, 4.69) is 16.3 Å². The van der Waals surface area contributed by atoms with Gasteiger partial charge in [0, 0.05) is 0 Å². The van der Waals surface area contributed by atoms with Crippen LogP contribution in [-0.4, -0.2) is 17.3 Å². The molecule has 3 rings (SSSR count). The topological polar surface area (TPSA) is 68.0 Å². The monoisotopic (exact) mass is 379 g/mol. The molecule has 1 unspecified atom stereocenters. The van der Waals surface area contributed by atoms with E-state index in [0.29, 0.717) is 35.4 Å². The van der Waals surface area contributed by atoms with Gasteiger partial charge in [-0.3, -0.25) is 0 Å². The Labute approximate surface area is 163 Å². The van der Waals surface area contributed by atoms with Crippen LogP contribution in [0.5, 0.6) is 11.5 Å². The Balaban J connectivity index is 1.78. The first-order chi connectivity index (χ1) is 13.2. The van der Waals surface area contributed by atoms with Gasteiger partial charge in [0.15, 0.2) is 5.15 Å². The molecular weight excluding hydrogens is 362 g/mol. The van der Waals surface area contributed by atoms with E-state index in [9.17, 15) is 5.26 Å². The van der Waals surface area contributed by atoms with Crippen molar-refractivity contribution in [1.82, 2.24) is 10.2 Å². The highest BCUT2D eigenvalue weighted by molar-refractivity contribution is 6.29. The number of benzene rings is 2. The summed E-state index contributed by atoms with van der Waals surface area (Å²) in [5, 5.41) is 17.7. The molecule has 0 N–H and O–H groups in total. The Morgan fingerprint density at radius 1 is 1.07 bits per heavy atom. The number of hydrogen-bond donors (Lipinski definition) is 0. The van der Waals surface area contributed by atoms with Crippen molar-refractivity contribution in [2.45, 2.75) is 18.9 Å². The summed E-state index contributed by atoms with van der Waals surface area (Å²) < 4.78 is 11.3. The minimum atomic E-state index is -0.465. The number of hydrogen-bond acceptors (Lipinski definition) is 5. The molecule has 1 aromatic heterocycles. The second-order valence-corrected chi connectivity index (χ2v) is 6.30. The summed E-state index contributed by atoms with van der Waals surface area (Å²) in [5.74, 6) is 0.950. The molecule has 3 aromatic rings. The number of methoxy groups -OCH3 is 1. The molecule has 1 heterocycles. The molecule has 0 fully saturated rings. The molecule has 0 saturated heterocycles. The smallest absolute Gasteiger partial charge is 0.151 e. The van der Waals surface area contributed by atoms with Crippen LogP contribution in [0.4, 0.5) is 0 Å². The third-order valence-corrected chi connectivity index (χ3v) is 4.29. The van der Waals surface area contributed by atoms with Gasteiger partial charge in [0.1, 0.15) is 18.1 Å². The molecule has 0 bridgehead atoms. The summed E-state index contributed by atoms with van der Waals surface area (Å²) in [6, 6.07) is 21.2. The number of aromatic nitrogens is 2. The van der Waals surface area contributed by atoms with Crippen molar-refractivity contribution in [2.75, 3.05) is 7.11 Å². The van der Waals surface area contributed by atoms with E-state index >= 15 is 0 Å². The van der Waals surface area contributed by atoms with Crippen molar-refractivity contribution in [3.05, 3.63) is 82.6 Å². The normalized spacial score (nSPS) is 11.4. The van der Waals surface area contributed by atoms with Crippen molar-refractivity contribution >= 4 is 11.6 Å². The molecule has 5 nitrogen and oxygen atoms in total. The van der Waals surface area contributed by atoms with Crippen LogP contribution in [0.25, 0.3) is 0 Å². The summed E-state index contributed by atoms with van der Waals surface area (Å²) >= 11 is 5.78. The number of ether oxygens (including phenoxy) is 2. The van der Waals surface area contributed by atoms with Gasteiger partial charge in [-0.15, -0.1) is 5.10 Å². The van der Waals surface area contributed by atoms with Crippen LogP contribution in [-0.2, 0) is 13.0 Å². The maximum absolute atomic E-state index is 9.57. The standard InChI is InChI=1S/C21H18ClN3O2/c1-26-20-9-7-18(27-14-15-5-3-2-4-6-15)12-16(20)11-17(13-23)19-8-10-21(22)25-24-19/h2-10,12,17H,11,14H2,1H3. The van der Waals surface area contributed by atoms with Crippen LogP contribution in [0.1, 0.15) is 22.7 Å². The van der Waals surface area contributed by atoms with Crippen molar-refractivity contribution in [3.8, 4) is 17.6 Å². The zero-order valence-electron chi connectivity index (χ0n) is 14.8.